The zero-order chi connectivity index (χ0) is 17.8. The van der Waals surface area contributed by atoms with Crippen LogP contribution in [-0.4, -0.2) is 48.1 Å². The predicted octanol–water partition coefficient (Wildman–Crippen LogP) is 2.25. The summed E-state index contributed by atoms with van der Waals surface area (Å²) in [6.45, 7) is 3.53. The Morgan fingerprint density at radius 3 is 2.46 bits per heavy atom. The Morgan fingerprint density at radius 2 is 1.73 bits per heavy atom. The van der Waals surface area contributed by atoms with E-state index in [1.807, 2.05) is 24.3 Å². The number of aromatic nitrogens is 2. The minimum Gasteiger partial charge on any atom is -0.364 e. The summed E-state index contributed by atoms with van der Waals surface area (Å²) in [4.78, 5) is 25.7. The fourth-order valence-electron chi connectivity index (χ4n) is 3.48. The van der Waals surface area contributed by atoms with Crippen molar-refractivity contribution in [2.45, 2.75) is 18.9 Å². The van der Waals surface area contributed by atoms with Crippen LogP contribution in [0.1, 0.15) is 23.2 Å². The smallest absolute Gasteiger partial charge is 0.251 e. The summed E-state index contributed by atoms with van der Waals surface area (Å²) in [5.41, 5.74) is 1.82. The number of anilines is 2. The van der Waals surface area contributed by atoms with Crippen LogP contribution in [-0.2, 0) is 0 Å². The molecule has 0 atom stereocenters. The lowest BCUT2D eigenvalue weighted by atomic mass is 10.0. The summed E-state index contributed by atoms with van der Waals surface area (Å²) >= 11 is 0. The van der Waals surface area contributed by atoms with Gasteiger partial charge in [0.1, 0.15) is 0 Å². The van der Waals surface area contributed by atoms with Gasteiger partial charge in [0.2, 0.25) is 5.95 Å². The third kappa shape index (κ3) is 3.69. The first-order valence-electron chi connectivity index (χ1n) is 9.12. The molecule has 134 valence electrons. The second-order valence-corrected chi connectivity index (χ2v) is 6.71. The summed E-state index contributed by atoms with van der Waals surface area (Å²) < 4.78 is 0. The minimum absolute atomic E-state index is 0.00779. The average molecular weight is 349 g/mol. The maximum absolute atomic E-state index is 12.6. The van der Waals surface area contributed by atoms with E-state index in [0.717, 1.165) is 56.2 Å². The first-order valence-corrected chi connectivity index (χ1v) is 9.12. The van der Waals surface area contributed by atoms with Gasteiger partial charge in [0.25, 0.3) is 5.91 Å². The lowest BCUT2D eigenvalue weighted by molar-refractivity contribution is 0.0931. The van der Waals surface area contributed by atoms with Crippen LogP contribution in [0, 0.1) is 0 Å². The summed E-state index contributed by atoms with van der Waals surface area (Å²) in [5.74, 6) is 0.776. The zero-order valence-corrected chi connectivity index (χ0v) is 14.7. The van der Waals surface area contributed by atoms with Crippen molar-refractivity contribution in [3.63, 3.8) is 0 Å². The van der Waals surface area contributed by atoms with Crippen molar-refractivity contribution in [1.82, 2.24) is 15.3 Å². The lowest BCUT2D eigenvalue weighted by Gasteiger charge is -2.32. The summed E-state index contributed by atoms with van der Waals surface area (Å²) in [7, 11) is 0. The number of piperidine rings is 1. The Bertz CT molecular complexity index is 776. The van der Waals surface area contributed by atoms with Crippen molar-refractivity contribution >= 4 is 17.5 Å². The Hall–Kier alpha value is -2.89. The van der Waals surface area contributed by atoms with E-state index in [9.17, 15) is 4.79 Å². The average Bonchev–Trinajstić information content (AvgIpc) is 3.24. The number of hydrogen-bond acceptors (Lipinski definition) is 5. The van der Waals surface area contributed by atoms with Crippen molar-refractivity contribution in [3.8, 4) is 0 Å². The molecule has 0 aliphatic carbocycles. The third-order valence-corrected chi connectivity index (χ3v) is 4.96. The van der Waals surface area contributed by atoms with Crippen molar-refractivity contribution in [2.24, 2.45) is 0 Å². The van der Waals surface area contributed by atoms with Gasteiger partial charge in [0.15, 0.2) is 0 Å². The van der Waals surface area contributed by atoms with E-state index in [4.69, 9.17) is 0 Å². The molecule has 1 saturated heterocycles. The largest absolute Gasteiger partial charge is 0.364 e. The number of nitrogens with one attached hydrogen (secondary N) is 1. The summed E-state index contributed by atoms with van der Waals surface area (Å²) in [6.07, 6.45) is 9.63. The minimum atomic E-state index is 0.00779. The monoisotopic (exact) mass is 349 g/mol. The molecule has 2 aliphatic rings. The third-order valence-electron chi connectivity index (χ3n) is 4.96. The number of carbonyl (C=O) groups excluding carboxylic acids is 1. The van der Waals surface area contributed by atoms with Gasteiger partial charge in [-0.15, -0.1) is 0 Å². The van der Waals surface area contributed by atoms with E-state index in [0.29, 0.717) is 0 Å². The van der Waals surface area contributed by atoms with Gasteiger partial charge < -0.3 is 15.1 Å². The molecule has 6 nitrogen and oxygen atoms in total. The molecule has 1 amide bonds. The van der Waals surface area contributed by atoms with Crippen LogP contribution in [0.15, 0.2) is 54.9 Å². The van der Waals surface area contributed by atoms with Gasteiger partial charge >= 0.3 is 0 Å². The molecule has 0 unspecified atom stereocenters. The Labute approximate surface area is 153 Å². The highest BCUT2D eigenvalue weighted by Crippen LogP contribution is 2.20. The molecule has 1 N–H and O–H groups in total. The van der Waals surface area contributed by atoms with Crippen molar-refractivity contribution in [2.75, 3.05) is 36.0 Å². The molecular weight excluding hydrogens is 326 g/mol. The molecule has 0 radical (unpaired) electrons. The van der Waals surface area contributed by atoms with Gasteiger partial charge in [-0.1, -0.05) is 18.2 Å². The van der Waals surface area contributed by atoms with Gasteiger partial charge in [0.05, 0.1) is 0 Å². The second kappa shape index (κ2) is 7.56. The maximum atomic E-state index is 12.6. The zero-order valence-electron chi connectivity index (χ0n) is 14.7. The first-order chi connectivity index (χ1) is 12.8. The van der Waals surface area contributed by atoms with Crippen LogP contribution < -0.4 is 15.1 Å². The van der Waals surface area contributed by atoms with Crippen molar-refractivity contribution in [1.29, 1.82) is 0 Å². The molecule has 6 heteroatoms. The van der Waals surface area contributed by atoms with Gasteiger partial charge in [-0.05, 0) is 37.1 Å². The van der Waals surface area contributed by atoms with Crippen molar-refractivity contribution < 1.29 is 4.79 Å². The molecule has 1 fully saturated rings. The molecule has 0 saturated carbocycles. The van der Waals surface area contributed by atoms with E-state index < -0.39 is 0 Å². The molecule has 0 spiro atoms. The van der Waals surface area contributed by atoms with Crippen LogP contribution in [0.3, 0.4) is 0 Å². The quantitative estimate of drug-likeness (QED) is 0.858. The highest BCUT2D eigenvalue weighted by Gasteiger charge is 2.22. The highest BCUT2D eigenvalue weighted by atomic mass is 16.1. The molecule has 1 aromatic heterocycles. The standard InChI is InChI=1S/C20H23N5O/c26-19(16-5-3-6-18(15-16)24-11-1-2-12-24)23-17-7-13-25(14-8-17)20-21-9-4-10-22-20/h1-6,9-10,15,17H,7-8,11-14H2,(H,23,26). The SMILES string of the molecule is O=C(NC1CCN(c2ncccn2)CC1)c1cccc(N2CC=CC2)c1. The number of nitrogens with zero attached hydrogens (tertiary/aromatic N) is 4. The normalized spacial score (nSPS) is 17.5. The number of benzene rings is 1. The fourth-order valence-corrected chi connectivity index (χ4v) is 3.48. The van der Waals surface area contributed by atoms with Crippen LogP contribution in [0.2, 0.25) is 0 Å². The topological polar surface area (TPSA) is 61.4 Å². The molecule has 26 heavy (non-hydrogen) atoms. The van der Waals surface area contributed by atoms with E-state index >= 15 is 0 Å². The summed E-state index contributed by atoms with van der Waals surface area (Å²) in [5, 5.41) is 3.18. The van der Waals surface area contributed by atoms with Gasteiger partial charge in [0, 0.05) is 55.9 Å². The first kappa shape index (κ1) is 16.6. The van der Waals surface area contributed by atoms with Crippen LogP contribution in [0.5, 0.6) is 0 Å². The van der Waals surface area contributed by atoms with Gasteiger partial charge in [-0.25, -0.2) is 9.97 Å². The van der Waals surface area contributed by atoms with E-state index in [-0.39, 0.29) is 11.9 Å². The molecule has 2 aromatic rings. The van der Waals surface area contributed by atoms with Crippen LogP contribution in [0.25, 0.3) is 0 Å². The van der Waals surface area contributed by atoms with Gasteiger partial charge in [-0.2, -0.15) is 0 Å². The molecule has 4 rings (SSSR count). The summed E-state index contributed by atoms with van der Waals surface area (Å²) in [6, 6.07) is 9.90. The Balaban J connectivity index is 1.33. The predicted molar refractivity (Wildman–Crippen MR) is 103 cm³/mol. The number of rotatable bonds is 4. The molecule has 0 bridgehead atoms. The van der Waals surface area contributed by atoms with Gasteiger partial charge in [-0.3, -0.25) is 4.79 Å². The molecule has 2 aliphatic heterocycles. The Kier molecular flexibility index (Phi) is 4.82. The van der Waals surface area contributed by atoms with E-state index in [2.05, 4.69) is 43.3 Å². The number of carbonyl (C=O) groups is 1. The Morgan fingerprint density at radius 1 is 1.00 bits per heavy atom. The molecule has 3 heterocycles. The fraction of sp³-hybridized carbons (Fsp3) is 0.350. The second-order valence-electron chi connectivity index (χ2n) is 6.71. The van der Waals surface area contributed by atoms with Crippen LogP contribution >= 0.6 is 0 Å². The highest BCUT2D eigenvalue weighted by molar-refractivity contribution is 5.95. The lowest BCUT2D eigenvalue weighted by Crippen LogP contribution is -2.45. The number of amides is 1. The molecule has 1 aromatic carbocycles. The molecular formula is C20H23N5O. The van der Waals surface area contributed by atoms with Crippen LogP contribution in [0.4, 0.5) is 11.6 Å². The maximum Gasteiger partial charge on any atom is 0.251 e. The van der Waals surface area contributed by atoms with E-state index in [1.165, 1.54) is 0 Å². The van der Waals surface area contributed by atoms with Crippen molar-refractivity contribution in [3.05, 3.63) is 60.4 Å². The van der Waals surface area contributed by atoms with E-state index in [1.54, 1.807) is 12.4 Å². The number of hydrogen-bond donors (Lipinski definition) is 1.